The molecular weight excluding hydrogens is 204 g/mol. The third-order valence-corrected chi connectivity index (χ3v) is 4.38. The molecule has 2 N–H and O–H groups in total. The van der Waals surface area contributed by atoms with E-state index in [1.165, 1.54) is 23.1 Å². The van der Waals surface area contributed by atoms with Gasteiger partial charge in [-0.15, -0.1) is 11.3 Å². The third kappa shape index (κ3) is 1.30. The summed E-state index contributed by atoms with van der Waals surface area (Å²) < 4.78 is 1.26. The normalized spacial score (nSPS) is 20.4. The van der Waals surface area contributed by atoms with Crippen molar-refractivity contribution in [3.8, 4) is 0 Å². The Kier molecular flexibility index (Phi) is 1.88. The predicted molar refractivity (Wildman–Crippen MR) is 64.2 cm³/mol. The molecule has 78 valence electrons. The van der Waals surface area contributed by atoms with Crippen LogP contribution in [0.4, 0.5) is 0 Å². The van der Waals surface area contributed by atoms with Gasteiger partial charge in [-0.05, 0) is 37.5 Å². The summed E-state index contributed by atoms with van der Waals surface area (Å²) in [6, 6.07) is 6.85. The summed E-state index contributed by atoms with van der Waals surface area (Å²) in [5, 5.41) is 0. The van der Waals surface area contributed by atoms with Crippen LogP contribution < -0.4 is 5.73 Å². The summed E-state index contributed by atoms with van der Waals surface area (Å²) >= 11 is 1.69. The average molecular weight is 218 g/mol. The standard InChI is InChI=1S/C12H14N2S/c1-8(13)12(4-5-12)9-2-3-11-10(6-9)14-7-15-11/h2-3,6-8H,4-5,13H2,1H3. The van der Waals surface area contributed by atoms with Gasteiger partial charge in [0.2, 0.25) is 0 Å². The monoisotopic (exact) mass is 218 g/mol. The van der Waals surface area contributed by atoms with Crippen molar-refractivity contribution < 1.29 is 0 Å². The van der Waals surface area contributed by atoms with E-state index in [9.17, 15) is 0 Å². The topological polar surface area (TPSA) is 38.9 Å². The van der Waals surface area contributed by atoms with E-state index < -0.39 is 0 Å². The molecule has 1 aromatic carbocycles. The van der Waals surface area contributed by atoms with E-state index in [0.29, 0.717) is 0 Å². The van der Waals surface area contributed by atoms with Crippen molar-refractivity contribution in [2.45, 2.75) is 31.2 Å². The highest BCUT2D eigenvalue weighted by Gasteiger charge is 2.47. The fraction of sp³-hybridized carbons (Fsp3) is 0.417. The van der Waals surface area contributed by atoms with Gasteiger partial charge in [-0.1, -0.05) is 6.07 Å². The minimum Gasteiger partial charge on any atom is -0.327 e. The highest BCUT2D eigenvalue weighted by Crippen LogP contribution is 2.50. The average Bonchev–Trinajstić information content (AvgIpc) is 2.91. The van der Waals surface area contributed by atoms with Gasteiger partial charge in [-0.25, -0.2) is 4.98 Å². The molecule has 0 saturated heterocycles. The molecule has 1 atom stereocenters. The van der Waals surface area contributed by atoms with Crippen LogP contribution in [0, 0.1) is 0 Å². The smallest absolute Gasteiger partial charge is 0.0814 e. The van der Waals surface area contributed by atoms with E-state index in [-0.39, 0.29) is 11.5 Å². The first-order valence-electron chi connectivity index (χ1n) is 5.32. The Bertz CT molecular complexity index is 497. The first-order valence-corrected chi connectivity index (χ1v) is 6.20. The summed E-state index contributed by atoms with van der Waals surface area (Å²) in [5.74, 6) is 0. The van der Waals surface area contributed by atoms with Crippen LogP contribution in [-0.4, -0.2) is 11.0 Å². The number of nitrogens with zero attached hydrogens (tertiary/aromatic N) is 1. The van der Waals surface area contributed by atoms with Crippen molar-refractivity contribution in [2.75, 3.05) is 0 Å². The molecule has 1 fully saturated rings. The Balaban J connectivity index is 2.11. The predicted octanol–water partition coefficient (Wildman–Crippen LogP) is 2.68. The van der Waals surface area contributed by atoms with Gasteiger partial charge in [0.15, 0.2) is 0 Å². The van der Waals surface area contributed by atoms with Crippen molar-refractivity contribution in [1.29, 1.82) is 0 Å². The number of rotatable bonds is 2. The van der Waals surface area contributed by atoms with Crippen molar-refractivity contribution in [2.24, 2.45) is 5.73 Å². The van der Waals surface area contributed by atoms with Crippen LogP contribution in [0.5, 0.6) is 0 Å². The number of fused-ring (bicyclic) bond motifs is 1. The Morgan fingerprint density at radius 3 is 2.93 bits per heavy atom. The van der Waals surface area contributed by atoms with Gasteiger partial charge in [0.1, 0.15) is 0 Å². The lowest BCUT2D eigenvalue weighted by molar-refractivity contribution is 0.557. The van der Waals surface area contributed by atoms with Gasteiger partial charge in [0.25, 0.3) is 0 Å². The molecule has 3 rings (SSSR count). The fourth-order valence-electron chi connectivity index (χ4n) is 2.31. The minimum atomic E-state index is 0.244. The molecule has 1 aliphatic rings. The zero-order valence-corrected chi connectivity index (χ0v) is 9.55. The molecule has 1 unspecified atom stereocenters. The lowest BCUT2D eigenvalue weighted by Crippen LogP contribution is -2.31. The molecule has 1 heterocycles. The van der Waals surface area contributed by atoms with Gasteiger partial charge in [-0.3, -0.25) is 0 Å². The summed E-state index contributed by atoms with van der Waals surface area (Å²) in [6.45, 7) is 2.11. The first-order chi connectivity index (χ1) is 7.22. The molecular formula is C12H14N2S. The Hall–Kier alpha value is -0.930. The van der Waals surface area contributed by atoms with E-state index in [1.54, 1.807) is 11.3 Å². The van der Waals surface area contributed by atoms with Crippen molar-refractivity contribution >= 4 is 21.6 Å². The van der Waals surface area contributed by atoms with E-state index in [4.69, 9.17) is 5.73 Å². The highest BCUT2D eigenvalue weighted by molar-refractivity contribution is 7.16. The van der Waals surface area contributed by atoms with Crippen LogP contribution in [0.15, 0.2) is 23.7 Å². The molecule has 3 heteroatoms. The van der Waals surface area contributed by atoms with Crippen molar-refractivity contribution in [1.82, 2.24) is 4.98 Å². The number of thiazole rings is 1. The van der Waals surface area contributed by atoms with Gasteiger partial charge in [0.05, 0.1) is 15.7 Å². The zero-order valence-electron chi connectivity index (χ0n) is 8.73. The highest BCUT2D eigenvalue weighted by atomic mass is 32.1. The van der Waals surface area contributed by atoms with Crippen LogP contribution in [0.2, 0.25) is 0 Å². The summed E-state index contributed by atoms with van der Waals surface area (Å²) in [6.07, 6.45) is 2.45. The summed E-state index contributed by atoms with van der Waals surface area (Å²) in [4.78, 5) is 4.36. The van der Waals surface area contributed by atoms with Crippen molar-refractivity contribution in [3.63, 3.8) is 0 Å². The number of hydrogen-bond donors (Lipinski definition) is 1. The maximum absolute atomic E-state index is 6.07. The first kappa shape index (κ1) is 9.31. The van der Waals surface area contributed by atoms with Crippen LogP contribution in [0.3, 0.4) is 0 Å². The number of aromatic nitrogens is 1. The van der Waals surface area contributed by atoms with Crippen LogP contribution >= 0.6 is 11.3 Å². The van der Waals surface area contributed by atoms with Crippen LogP contribution in [0.25, 0.3) is 10.2 Å². The molecule has 0 bridgehead atoms. The maximum atomic E-state index is 6.07. The maximum Gasteiger partial charge on any atom is 0.0814 e. The van der Waals surface area contributed by atoms with Gasteiger partial charge in [0, 0.05) is 11.5 Å². The quantitative estimate of drug-likeness (QED) is 0.841. The van der Waals surface area contributed by atoms with E-state index in [1.807, 2.05) is 5.51 Å². The third-order valence-electron chi connectivity index (χ3n) is 3.57. The number of benzene rings is 1. The lowest BCUT2D eigenvalue weighted by Gasteiger charge is -2.19. The molecule has 1 saturated carbocycles. The lowest BCUT2D eigenvalue weighted by atomic mass is 9.89. The van der Waals surface area contributed by atoms with Crippen LogP contribution in [-0.2, 0) is 5.41 Å². The van der Waals surface area contributed by atoms with Gasteiger partial charge >= 0.3 is 0 Å². The molecule has 0 amide bonds. The molecule has 1 aliphatic carbocycles. The number of hydrogen-bond acceptors (Lipinski definition) is 3. The van der Waals surface area contributed by atoms with Crippen LogP contribution in [0.1, 0.15) is 25.3 Å². The minimum absolute atomic E-state index is 0.244. The molecule has 0 spiro atoms. The second-order valence-electron chi connectivity index (χ2n) is 4.48. The van der Waals surface area contributed by atoms with Crippen molar-refractivity contribution in [3.05, 3.63) is 29.3 Å². The summed E-state index contributed by atoms with van der Waals surface area (Å²) in [7, 11) is 0. The van der Waals surface area contributed by atoms with E-state index in [2.05, 4.69) is 30.1 Å². The summed E-state index contributed by atoms with van der Waals surface area (Å²) in [5.41, 5.74) is 10.7. The molecule has 15 heavy (non-hydrogen) atoms. The molecule has 2 nitrogen and oxygen atoms in total. The second kappa shape index (κ2) is 3.03. The molecule has 0 radical (unpaired) electrons. The zero-order chi connectivity index (χ0) is 10.5. The Labute approximate surface area is 93.1 Å². The Morgan fingerprint density at radius 1 is 1.47 bits per heavy atom. The SMILES string of the molecule is CC(N)C1(c2ccc3scnc3c2)CC1. The second-order valence-corrected chi connectivity index (χ2v) is 5.37. The van der Waals surface area contributed by atoms with Gasteiger partial charge in [-0.2, -0.15) is 0 Å². The van der Waals surface area contributed by atoms with E-state index >= 15 is 0 Å². The largest absolute Gasteiger partial charge is 0.327 e. The Morgan fingerprint density at radius 2 is 2.27 bits per heavy atom. The molecule has 1 aromatic heterocycles. The fourth-order valence-corrected chi connectivity index (χ4v) is 2.97. The van der Waals surface area contributed by atoms with E-state index in [0.717, 1.165) is 5.52 Å². The molecule has 0 aliphatic heterocycles. The number of nitrogens with two attached hydrogens (primary N) is 1. The molecule has 2 aromatic rings. The van der Waals surface area contributed by atoms with Gasteiger partial charge < -0.3 is 5.73 Å².